The van der Waals surface area contributed by atoms with Crippen molar-refractivity contribution in [1.82, 2.24) is 0 Å². The third-order valence-corrected chi connectivity index (χ3v) is 1.02. The predicted octanol–water partition coefficient (Wildman–Crippen LogP) is 4.22. The first-order valence-corrected chi connectivity index (χ1v) is 6.10. The van der Waals surface area contributed by atoms with Crippen LogP contribution < -0.4 is 11.5 Å². The third-order valence-electron chi connectivity index (χ3n) is 1.02. The molecule has 0 aromatic rings. The molecule has 0 heterocycles. The summed E-state index contributed by atoms with van der Waals surface area (Å²) >= 11 is 0. The second kappa shape index (κ2) is 19.8. The van der Waals surface area contributed by atoms with Crippen LogP contribution in [0.3, 0.4) is 0 Å². The van der Waals surface area contributed by atoms with Gasteiger partial charge in [-0.05, 0) is 40.3 Å². The van der Waals surface area contributed by atoms with E-state index in [1.807, 2.05) is 55.4 Å². The zero-order valence-corrected chi connectivity index (χ0v) is 12.7. The molecule has 0 rings (SSSR count). The van der Waals surface area contributed by atoms with Crippen LogP contribution in [0.5, 0.6) is 0 Å². The van der Waals surface area contributed by atoms with Gasteiger partial charge in [0.2, 0.25) is 0 Å². The van der Waals surface area contributed by atoms with Gasteiger partial charge < -0.3 is 11.5 Å². The topological polar surface area (TPSA) is 52.0 Å². The summed E-state index contributed by atoms with van der Waals surface area (Å²) in [7, 11) is 0. The molecule has 0 unspecified atom stereocenters. The molecule has 0 saturated heterocycles. The first kappa shape index (κ1) is 24.5. The Morgan fingerprint density at radius 3 is 1.50 bits per heavy atom. The van der Waals surface area contributed by atoms with Gasteiger partial charge in [-0.2, -0.15) is 0 Å². The molecule has 0 atom stereocenters. The zero-order chi connectivity index (χ0) is 14.2. The van der Waals surface area contributed by atoms with Crippen molar-refractivity contribution in [2.75, 3.05) is 0 Å². The SMILES string of the molecule is C/C(=C\N)CC(C)(C)N.C=CC.CC.CC. The van der Waals surface area contributed by atoms with Gasteiger partial charge in [0, 0.05) is 5.54 Å². The van der Waals surface area contributed by atoms with Crippen LogP contribution in [0.15, 0.2) is 24.4 Å². The quantitative estimate of drug-likeness (QED) is 0.698. The van der Waals surface area contributed by atoms with Crippen LogP contribution >= 0.6 is 0 Å². The van der Waals surface area contributed by atoms with Gasteiger partial charge in [0.1, 0.15) is 0 Å². The van der Waals surface area contributed by atoms with E-state index in [0.29, 0.717) is 0 Å². The van der Waals surface area contributed by atoms with E-state index in [1.54, 1.807) is 12.3 Å². The lowest BCUT2D eigenvalue weighted by atomic mass is 9.98. The molecule has 4 N–H and O–H groups in total. The number of nitrogens with two attached hydrogens (primary N) is 2. The maximum Gasteiger partial charge on any atom is 0.0135 e. The fourth-order valence-corrected chi connectivity index (χ4v) is 0.778. The van der Waals surface area contributed by atoms with Gasteiger partial charge >= 0.3 is 0 Å². The lowest BCUT2D eigenvalue weighted by molar-refractivity contribution is 0.514. The monoisotopic (exact) mass is 230 g/mol. The second-order valence-corrected chi connectivity index (χ2v) is 3.59. The van der Waals surface area contributed by atoms with Crippen LogP contribution in [0.2, 0.25) is 0 Å². The summed E-state index contributed by atoms with van der Waals surface area (Å²) < 4.78 is 0. The van der Waals surface area contributed by atoms with Crippen molar-refractivity contribution in [3.05, 3.63) is 24.4 Å². The lowest BCUT2D eigenvalue weighted by Gasteiger charge is -2.17. The molecule has 0 aliphatic heterocycles. The van der Waals surface area contributed by atoms with Crippen molar-refractivity contribution >= 4 is 0 Å². The molecule has 0 spiro atoms. The second-order valence-electron chi connectivity index (χ2n) is 3.59. The Hall–Kier alpha value is -0.760. The maximum absolute atomic E-state index is 5.72. The highest BCUT2D eigenvalue weighted by Gasteiger charge is 2.09. The van der Waals surface area contributed by atoms with Crippen LogP contribution in [-0.4, -0.2) is 5.54 Å². The Kier molecular flexibility index (Phi) is 30.2. The Morgan fingerprint density at radius 1 is 1.19 bits per heavy atom. The molecule has 0 aliphatic rings. The largest absolute Gasteiger partial charge is 0.405 e. The van der Waals surface area contributed by atoms with Crippen LogP contribution in [0.4, 0.5) is 0 Å². The lowest BCUT2D eigenvalue weighted by Crippen LogP contribution is -2.31. The van der Waals surface area contributed by atoms with Gasteiger partial charge in [-0.1, -0.05) is 39.3 Å². The van der Waals surface area contributed by atoms with E-state index in [4.69, 9.17) is 11.5 Å². The molecule has 2 nitrogen and oxygen atoms in total. The van der Waals surface area contributed by atoms with Gasteiger partial charge in [0.25, 0.3) is 0 Å². The molecular formula is C14H34N2. The number of allylic oxidation sites excluding steroid dienone is 1. The summed E-state index contributed by atoms with van der Waals surface area (Å²) in [6, 6.07) is 0. The molecule has 0 aromatic heterocycles. The standard InChI is InChI=1S/C7H16N2.C3H6.2C2H6/c1-6(5-8)4-7(2,3)9;1-3-2;2*1-2/h5H,4,8-9H2,1-3H3;3H,1H2,2H3;2*1-2H3/b6-5+;;;. The van der Waals surface area contributed by atoms with Crippen molar-refractivity contribution in [3.63, 3.8) is 0 Å². The van der Waals surface area contributed by atoms with Crippen molar-refractivity contribution in [2.24, 2.45) is 11.5 Å². The number of rotatable bonds is 2. The number of hydrogen-bond acceptors (Lipinski definition) is 2. The molecule has 0 fully saturated rings. The fourth-order valence-electron chi connectivity index (χ4n) is 0.778. The smallest absolute Gasteiger partial charge is 0.0135 e. The first-order chi connectivity index (χ1) is 7.37. The van der Waals surface area contributed by atoms with Crippen LogP contribution in [0, 0.1) is 0 Å². The summed E-state index contributed by atoms with van der Waals surface area (Å²) in [5, 5.41) is 0. The Morgan fingerprint density at radius 2 is 1.44 bits per heavy atom. The van der Waals surface area contributed by atoms with Crippen LogP contribution in [0.1, 0.15) is 61.8 Å². The summed E-state index contributed by atoms with van der Waals surface area (Å²) in [4.78, 5) is 0. The molecule has 0 amide bonds. The minimum atomic E-state index is -0.125. The average Bonchev–Trinajstić information content (AvgIpc) is 2.22. The van der Waals surface area contributed by atoms with Crippen molar-refractivity contribution < 1.29 is 0 Å². The summed E-state index contributed by atoms with van der Waals surface area (Å²) in [5.74, 6) is 0. The minimum absolute atomic E-state index is 0.125. The van der Waals surface area contributed by atoms with Crippen molar-refractivity contribution in [2.45, 2.75) is 67.3 Å². The van der Waals surface area contributed by atoms with Gasteiger partial charge in [0.05, 0.1) is 0 Å². The zero-order valence-electron chi connectivity index (χ0n) is 12.7. The Bertz CT molecular complexity index is 141. The van der Waals surface area contributed by atoms with Crippen molar-refractivity contribution in [3.8, 4) is 0 Å². The highest BCUT2D eigenvalue weighted by molar-refractivity contribution is 5.00. The number of hydrogen-bond donors (Lipinski definition) is 2. The molecule has 0 aliphatic carbocycles. The molecule has 100 valence electrons. The summed E-state index contributed by atoms with van der Waals surface area (Å²) in [5.41, 5.74) is 12.0. The molecule has 2 heteroatoms. The third kappa shape index (κ3) is 50.9. The van der Waals surface area contributed by atoms with E-state index in [9.17, 15) is 0 Å². The van der Waals surface area contributed by atoms with E-state index >= 15 is 0 Å². The van der Waals surface area contributed by atoms with E-state index in [-0.39, 0.29) is 5.54 Å². The molecule has 0 radical (unpaired) electrons. The molecule has 16 heavy (non-hydrogen) atoms. The molecule has 0 aromatic carbocycles. The Labute approximate surface area is 104 Å². The van der Waals surface area contributed by atoms with E-state index in [2.05, 4.69) is 6.58 Å². The van der Waals surface area contributed by atoms with Gasteiger partial charge in [-0.25, -0.2) is 0 Å². The van der Waals surface area contributed by atoms with E-state index in [1.165, 1.54) is 0 Å². The highest BCUT2D eigenvalue weighted by Crippen LogP contribution is 2.10. The van der Waals surface area contributed by atoms with Gasteiger partial charge in [0.15, 0.2) is 0 Å². The average molecular weight is 230 g/mol. The summed E-state index contributed by atoms with van der Waals surface area (Å²) in [6.45, 7) is 19.2. The van der Waals surface area contributed by atoms with Crippen LogP contribution in [0.25, 0.3) is 0 Å². The molecule has 0 bridgehead atoms. The van der Waals surface area contributed by atoms with Gasteiger partial charge in [-0.3, -0.25) is 0 Å². The van der Waals surface area contributed by atoms with Gasteiger partial charge in [-0.15, -0.1) is 6.58 Å². The van der Waals surface area contributed by atoms with E-state index in [0.717, 1.165) is 12.0 Å². The normalized spacial score (nSPS) is 9.44. The fraction of sp³-hybridized carbons (Fsp3) is 0.714. The Balaban J connectivity index is -0.0000000864. The maximum atomic E-state index is 5.72. The minimum Gasteiger partial charge on any atom is -0.405 e. The molecular weight excluding hydrogens is 196 g/mol. The summed E-state index contributed by atoms with van der Waals surface area (Å²) in [6.07, 6.45) is 4.22. The van der Waals surface area contributed by atoms with E-state index < -0.39 is 0 Å². The van der Waals surface area contributed by atoms with Crippen LogP contribution in [-0.2, 0) is 0 Å². The molecule has 0 saturated carbocycles. The van der Waals surface area contributed by atoms with Crippen molar-refractivity contribution in [1.29, 1.82) is 0 Å². The predicted molar refractivity (Wildman–Crippen MR) is 79.4 cm³/mol. The highest BCUT2D eigenvalue weighted by atomic mass is 14.7. The first-order valence-electron chi connectivity index (χ1n) is 6.10.